The number of nitrogens with zero attached hydrogens (tertiary/aromatic N) is 1. The van der Waals surface area contributed by atoms with Crippen LogP contribution in [-0.2, 0) is 4.79 Å². The highest BCUT2D eigenvalue weighted by Crippen LogP contribution is 2.18. The van der Waals surface area contributed by atoms with Crippen molar-refractivity contribution in [3.63, 3.8) is 0 Å². The molecule has 11 heavy (non-hydrogen) atoms. The number of rotatable bonds is 0. The first-order valence-electron chi connectivity index (χ1n) is 3.64. The van der Waals surface area contributed by atoms with E-state index in [0.717, 1.165) is 12.0 Å². The molecule has 0 saturated heterocycles. The van der Waals surface area contributed by atoms with Crippen molar-refractivity contribution in [1.82, 2.24) is 5.32 Å². The lowest BCUT2D eigenvalue weighted by Crippen LogP contribution is -2.32. The molecule has 55 valence electrons. The maximum absolute atomic E-state index is 11.2. The van der Waals surface area contributed by atoms with E-state index in [-0.39, 0.29) is 11.8 Å². The van der Waals surface area contributed by atoms with E-state index in [4.69, 9.17) is 0 Å². The van der Waals surface area contributed by atoms with Gasteiger partial charge in [-0.05, 0) is 24.1 Å². The fourth-order valence-corrected chi connectivity index (χ4v) is 1.33. The molecule has 1 atom stereocenters. The first kappa shape index (κ1) is 6.40. The van der Waals surface area contributed by atoms with Crippen LogP contribution in [0.15, 0.2) is 36.1 Å². The molecule has 0 bridgehead atoms. The second kappa shape index (κ2) is 2.38. The first-order chi connectivity index (χ1) is 5.38. The van der Waals surface area contributed by atoms with Crippen LogP contribution >= 0.6 is 0 Å². The molecule has 2 aliphatic rings. The molecule has 0 saturated carbocycles. The summed E-state index contributed by atoms with van der Waals surface area (Å²) in [6.07, 6.45) is 9.90. The first-order valence-corrected chi connectivity index (χ1v) is 3.64. The highest BCUT2D eigenvalue weighted by molar-refractivity contribution is 5.98. The number of ketones is 1. The maximum atomic E-state index is 11.2. The van der Waals surface area contributed by atoms with Crippen molar-refractivity contribution in [3.05, 3.63) is 36.1 Å². The van der Waals surface area contributed by atoms with Gasteiger partial charge in [0.2, 0.25) is 0 Å². The molecule has 1 heterocycles. The second-order valence-electron chi connectivity index (χ2n) is 2.64. The zero-order valence-electron chi connectivity index (χ0n) is 6.03. The van der Waals surface area contributed by atoms with E-state index in [9.17, 15) is 4.79 Å². The number of allylic oxidation sites excluding steroid dienone is 3. The largest absolute Gasteiger partial charge is 0.292 e. The van der Waals surface area contributed by atoms with Crippen molar-refractivity contribution in [2.75, 3.05) is 0 Å². The maximum Gasteiger partial charge on any atom is 0.184 e. The van der Waals surface area contributed by atoms with E-state index in [1.54, 1.807) is 12.3 Å². The predicted octanol–water partition coefficient (Wildman–Crippen LogP) is 0.942. The van der Waals surface area contributed by atoms with Crippen LogP contribution in [0.1, 0.15) is 6.42 Å². The molecule has 0 aromatic rings. The van der Waals surface area contributed by atoms with Crippen LogP contribution in [0, 0.1) is 0 Å². The van der Waals surface area contributed by atoms with Crippen molar-refractivity contribution >= 4 is 5.78 Å². The SMILES string of the molecule is O=C1C=CCC2=CC=C[N]C12. The fraction of sp³-hybridized carbons (Fsp3) is 0.222. The Balaban J connectivity index is 2.34. The van der Waals surface area contributed by atoms with Crippen LogP contribution in [0.5, 0.6) is 0 Å². The van der Waals surface area contributed by atoms with E-state index in [2.05, 4.69) is 5.32 Å². The number of carbonyl (C=O) groups is 1. The van der Waals surface area contributed by atoms with E-state index in [1.165, 1.54) is 0 Å². The minimum absolute atomic E-state index is 0.104. The number of hydrogen-bond acceptors (Lipinski definition) is 1. The molecule has 1 radical (unpaired) electrons. The number of carbonyl (C=O) groups excluding carboxylic acids is 1. The van der Waals surface area contributed by atoms with Gasteiger partial charge in [0.15, 0.2) is 5.78 Å². The third-order valence-electron chi connectivity index (χ3n) is 1.89. The van der Waals surface area contributed by atoms with Gasteiger partial charge < -0.3 is 0 Å². The van der Waals surface area contributed by atoms with Gasteiger partial charge in [-0.1, -0.05) is 12.2 Å². The van der Waals surface area contributed by atoms with Gasteiger partial charge in [0, 0.05) is 6.20 Å². The molecule has 2 heteroatoms. The average Bonchev–Trinajstić information content (AvgIpc) is 2.06. The van der Waals surface area contributed by atoms with Crippen molar-refractivity contribution in [3.8, 4) is 0 Å². The third-order valence-corrected chi connectivity index (χ3v) is 1.89. The number of fused-ring (bicyclic) bond motifs is 1. The Labute approximate surface area is 65.3 Å². The normalized spacial score (nSPS) is 27.5. The summed E-state index contributed by atoms with van der Waals surface area (Å²) in [6.45, 7) is 0. The van der Waals surface area contributed by atoms with Crippen LogP contribution in [0.25, 0.3) is 0 Å². The van der Waals surface area contributed by atoms with Gasteiger partial charge in [0.05, 0.1) is 0 Å². The van der Waals surface area contributed by atoms with Gasteiger partial charge in [0.1, 0.15) is 6.04 Å². The minimum atomic E-state index is -0.204. The topological polar surface area (TPSA) is 31.2 Å². The fourth-order valence-electron chi connectivity index (χ4n) is 1.33. The Morgan fingerprint density at radius 1 is 1.55 bits per heavy atom. The molecular formula is C9H8NO. The molecule has 0 N–H and O–H groups in total. The van der Waals surface area contributed by atoms with Crippen molar-refractivity contribution < 1.29 is 4.79 Å². The van der Waals surface area contributed by atoms with Gasteiger partial charge in [-0.25, -0.2) is 0 Å². The standard InChI is InChI=1S/C9H8NO/c11-8-5-1-3-7-4-2-6-10-9(7)8/h1-2,4-6,9H,3H2. The van der Waals surface area contributed by atoms with Gasteiger partial charge in [-0.2, -0.15) is 0 Å². The van der Waals surface area contributed by atoms with Crippen LogP contribution < -0.4 is 5.32 Å². The molecule has 1 unspecified atom stereocenters. The molecule has 1 aliphatic carbocycles. The van der Waals surface area contributed by atoms with Gasteiger partial charge >= 0.3 is 0 Å². The highest BCUT2D eigenvalue weighted by atomic mass is 16.1. The summed E-state index contributed by atoms with van der Waals surface area (Å²) in [4.78, 5) is 11.2. The Hall–Kier alpha value is -1.31. The van der Waals surface area contributed by atoms with Crippen molar-refractivity contribution in [2.45, 2.75) is 12.5 Å². The lowest BCUT2D eigenvalue weighted by atomic mass is 9.93. The summed E-state index contributed by atoms with van der Waals surface area (Å²) in [6, 6.07) is -0.204. The van der Waals surface area contributed by atoms with Crippen LogP contribution in [-0.4, -0.2) is 11.8 Å². The summed E-state index contributed by atoms with van der Waals surface area (Å²) in [5.74, 6) is 0.104. The van der Waals surface area contributed by atoms with E-state index in [1.807, 2.05) is 18.2 Å². The summed E-state index contributed by atoms with van der Waals surface area (Å²) in [5.41, 5.74) is 1.11. The van der Waals surface area contributed by atoms with Gasteiger partial charge in [-0.15, -0.1) is 0 Å². The molecule has 0 aromatic carbocycles. The molecule has 1 aliphatic heterocycles. The minimum Gasteiger partial charge on any atom is -0.292 e. The van der Waals surface area contributed by atoms with Crippen LogP contribution in [0.3, 0.4) is 0 Å². The van der Waals surface area contributed by atoms with Crippen molar-refractivity contribution in [1.29, 1.82) is 0 Å². The molecule has 0 aromatic heterocycles. The lowest BCUT2D eigenvalue weighted by Gasteiger charge is -2.20. The zero-order chi connectivity index (χ0) is 7.68. The monoisotopic (exact) mass is 146 g/mol. The quantitative estimate of drug-likeness (QED) is 0.500. The summed E-state index contributed by atoms with van der Waals surface area (Å²) in [5, 5.41) is 4.08. The lowest BCUT2D eigenvalue weighted by molar-refractivity contribution is -0.115. The van der Waals surface area contributed by atoms with Gasteiger partial charge in [0.25, 0.3) is 0 Å². The van der Waals surface area contributed by atoms with E-state index in [0.29, 0.717) is 0 Å². The average molecular weight is 146 g/mol. The predicted molar refractivity (Wildman–Crippen MR) is 41.9 cm³/mol. The highest BCUT2D eigenvalue weighted by Gasteiger charge is 2.24. The molecule has 0 spiro atoms. The second-order valence-corrected chi connectivity index (χ2v) is 2.64. The van der Waals surface area contributed by atoms with Gasteiger partial charge in [-0.3, -0.25) is 10.1 Å². The Bertz CT molecular complexity index is 273. The van der Waals surface area contributed by atoms with Crippen LogP contribution in [0.2, 0.25) is 0 Å². The smallest absolute Gasteiger partial charge is 0.184 e. The summed E-state index contributed by atoms with van der Waals surface area (Å²) >= 11 is 0. The van der Waals surface area contributed by atoms with E-state index >= 15 is 0 Å². The summed E-state index contributed by atoms with van der Waals surface area (Å²) in [7, 11) is 0. The Kier molecular flexibility index (Phi) is 1.39. The molecule has 0 fully saturated rings. The van der Waals surface area contributed by atoms with E-state index < -0.39 is 0 Å². The molecular weight excluding hydrogens is 138 g/mol. The molecule has 2 rings (SSSR count). The van der Waals surface area contributed by atoms with Crippen molar-refractivity contribution in [2.24, 2.45) is 0 Å². The van der Waals surface area contributed by atoms with Crippen LogP contribution in [0.4, 0.5) is 0 Å². The summed E-state index contributed by atoms with van der Waals surface area (Å²) < 4.78 is 0. The Morgan fingerprint density at radius 2 is 2.45 bits per heavy atom. The molecule has 0 amide bonds. The molecule has 2 nitrogen and oxygen atoms in total. The zero-order valence-corrected chi connectivity index (χ0v) is 6.03. The Morgan fingerprint density at radius 3 is 3.27 bits per heavy atom. The number of hydrogen-bond donors (Lipinski definition) is 0. The third kappa shape index (κ3) is 1.00.